The van der Waals surface area contributed by atoms with E-state index < -0.39 is 6.09 Å². The van der Waals surface area contributed by atoms with E-state index in [-0.39, 0.29) is 6.61 Å². The fourth-order valence-corrected chi connectivity index (χ4v) is 1.23. The van der Waals surface area contributed by atoms with Crippen molar-refractivity contribution in [3.63, 3.8) is 0 Å². The van der Waals surface area contributed by atoms with Crippen LogP contribution in [-0.2, 0) is 6.61 Å². The van der Waals surface area contributed by atoms with Gasteiger partial charge in [-0.2, -0.15) is 5.10 Å². The lowest BCUT2D eigenvalue weighted by Gasteiger charge is -2.00. The van der Waals surface area contributed by atoms with E-state index in [1.807, 2.05) is 0 Å². The number of nitrogens with zero attached hydrogens (tertiary/aromatic N) is 3. The van der Waals surface area contributed by atoms with Crippen LogP contribution in [0.4, 0.5) is 10.5 Å². The number of hydrogen-bond donors (Lipinski definition) is 3. The van der Waals surface area contributed by atoms with Gasteiger partial charge in [-0.3, -0.25) is 5.32 Å². The second-order valence-electron chi connectivity index (χ2n) is 2.83. The van der Waals surface area contributed by atoms with Gasteiger partial charge in [-0.25, -0.2) is 14.3 Å². The van der Waals surface area contributed by atoms with Gasteiger partial charge in [-0.15, -0.1) is 0 Å². The molecule has 0 bridgehead atoms. The summed E-state index contributed by atoms with van der Waals surface area (Å²) in [5.74, 6) is 0. The van der Waals surface area contributed by atoms with E-state index in [1.54, 1.807) is 0 Å². The van der Waals surface area contributed by atoms with Crippen LogP contribution in [-0.4, -0.2) is 30.9 Å². The van der Waals surface area contributed by atoms with Gasteiger partial charge >= 0.3 is 6.09 Å². The first kappa shape index (κ1) is 9.41. The van der Waals surface area contributed by atoms with E-state index in [0.29, 0.717) is 17.0 Å². The van der Waals surface area contributed by atoms with Crippen molar-refractivity contribution in [2.75, 3.05) is 5.32 Å². The average Bonchev–Trinajstić information content (AvgIpc) is 2.61. The van der Waals surface area contributed by atoms with Crippen molar-refractivity contribution in [3.05, 3.63) is 24.2 Å². The summed E-state index contributed by atoms with van der Waals surface area (Å²) in [6.45, 7) is -0.212. The Morgan fingerprint density at radius 2 is 2.40 bits per heavy atom. The van der Waals surface area contributed by atoms with Gasteiger partial charge in [-0.1, -0.05) is 0 Å². The number of fused-ring (bicyclic) bond motifs is 1. The third-order valence-corrected chi connectivity index (χ3v) is 1.81. The summed E-state index contributed by atoms with van der Waals surface area (Å²) in [5.41, 5.74) is 1.13. The highest BCUT2D eigenvalue weighted by atomic mass is 16.4. The minimum absolute atomic E-state index is 0.212. The molecule has 0 saturated heterocycles. The Labute approximate surface area is 84.0 Å². The molecule has 0 saturated carbocycles. The molecule has 2 aromatic heterocycles. The minimum Gasteiger partial charge on any atom is -0.465 e. The molecule has 0 unspecified atom stereocenters. The molecule has 7 heteroatoms. The number of nitrogens with one attached hydrogen (secondary N) is 1. The van der Waals surface area contributed by atoms with Crippen LogP contribution in [0.15, 0.2) is 18.5 Å². The van der Waals surface area contributed by atoms with Crippen LogP contribution in [0.3, 0.4) is 0 Å². The van der Waals surface area contributed by atoms with Gasteiger partial charge in [0.25, 0.3) is 0 Å². The van der Waals surface area contributed by atoms with Crippen LogP contribution >= 0.6 is 0 Å². The standard InChI is InChI=1S/C8H8N4O3/c13-4-5-3-12-7(10-5)6(1-2-9-12)11-8(14)15/h1-3,11,13H,4H2,(H,14,15). The summed E-state index contributed by atoms with van der Waals surface area (Å²) in [6.07, 6.45) is 1.81. The Morgan fingerprint density at radius 1 is 1.60 bits per heavy atom. The number of imidazole rings is 1. The molecule has 0 aliphatic carbocycles. The van der Waals surface area contributed by atoms with Crippen LogP contribution in [0.1, 0.15) is 5.69 Å². The Morgan fingerprint density at radius 3 is 3.07 bits per heavy atom. The fourth-order valence-electron chi connectivity index (χ4n) is 1.23. The van der Waals surface area contributed by atoms with E-state index in [2.05, 4.69) is 15.4 Å². The summed E-state index contributed by atoms with van der Waals surface area (Å²) >= 11 is 0. The highest BCUT2D eigenvalue weighted by Crippen LogP contribution is 2.14. The Hall–Kier alpha value is -2.15. The van der Waals surface area contributed by atoms with Crippen LogP contribution < -0.4 is 5.32 Å². The third-order valence-electron chi connectivity index (χ3n) is 1.81. The van der Waals surface area contributed by atoms with E-state index in [1.165, 1.54) is 23.0 Å². The predicted octanol–water partition coefficient (Wildman–Crippen LogP) is 0.311. The molecule has 2 heterocycles. The summed E-state index contributed by atoms with van der Waals surface area (Å²) < 4.78 is 1.40. The van der Waals surface area contributed by atoms with Crippen molar-refractivity contribution >= 4 is 17.4 Å². The summed E-state index contributed by atoms with van der Waals surface area (Å²) in [6, 6.07) is 1.50. The number of carbonyl (C=O) groups is 1. The normalized spacial score (nSPS) is 10.5. The molecule has 15 heavy (non-hydrogen) atoms. The third kappa shape index (κ3) is 1.72. The monoisotopic (exact) mass is 208 g/mol. The molecule has 78 valence electrons. The number of hydrogen-bond acceptors (Lipinski definition) is 4. The number of aromatic nitrogens is 3. The first-order valence-electron chi connectivity index (χ1n) is 4.15. The maximum atomic E-state index is 10.5. The van der Waals surface area contributed by atoms with Gasteiger partial charge in [0.15, 0.2) is 5.65 Å². The quantitative estimate of drug-likeness (QED) is 0.659. The Bertz CT molecular complexity index is 508. The van der Waals surface area contributed by atoms with Crippen LogP contribution in [0.5, 0.6) is 0 Å². The smallest absolute Gasteiger partial charge is 0.409 e. The Balaban J connectivity index is 2.54. The van der Waals surface area contributed by atoms with Gasteiger partial charge in [0.05, 0.1) is 30.4 Å². The number of aliphatic hydroxyl groups excluding tert-OH is 1. The van der Waals surface area contributed by atoms with Gasteiger partial charge in [0.1, 0.15) is 0 Å². The maximum absolute atomic E-state index is 10.5. The van der Waals surface area contributed by atoms with Crippen molar-refractivity contribution in [1.82, 2.24) is 14.6 Å². The lowest BCUT2D eigenvalue weighted by molar-refractivity contribution is 0.210. The molecular weight excluding hydrogens is 200 g/mol. The highest BCUT2D eigenvalue weighted by Gasteiger charge is 2.08. The van der Waals surface area contributed by atoms with Crippen LogP contribution in [0, 0.1) is 0 Å². The van der Waals surface area contributed by atoms with Gasteiger partial charge in [-0.05, 0) is 6.07 Å². The second kappa shape index (κ2) is 3.54. The molecule has 0 atom stereocenters. The van der Waals surface area contributed by atoms with E-state index in [0.717, 1.165) is 0 Å². The topological polar surface area (TPSA) is 99.8 Å². The van der Waals surface area contributed by atoms with Crippen LogP contribution in [0.25, 0.3) is 5.65 Å². The lowest BCUT2D eigenvalue weighted by atomic mass is 10.4. The lowest BCUT2D eigenvalue weighted by Crippen LogP contribution is -2.09. The second-order valence-corrected chi connectivity index (χ2v) is 2.83. The molecular formula is C8H8N4O3. The molecule has 0 fully saturated rings. The predicted molar refractivity (Wildman–Crippen MR) is 50.6 cm³/mol. The number of anilines is 1. The number of carboxylic acid groups (broad SMARTS) is 1. The molecule has 2 rings (SSSR count). The molecule has 0 aliphatic heterocycles. The SMILES string of the molecule is O=C(O)Nc1ccnn2cc(CO)nc12. The number of amides is 1. The van der Waals surface area contributed by atoms with E-state index in [9.17, 15) is 4.79 Å². The molecule has 0 radical (unpaired) electrons. The van der Waals surface area contributed by atoms with Crippen molar-refractivity contribution in [1.29, 1.82) is 0 Å². The van der Waals surface area contributed by atoms with E-state index in [4.69, 9.17) is 10.2 Å². The van der Waals surface area contributed by atoms with Gasteiger partial charge < -0.3 is 10.2 Å². The Kier molecular flexibility index (Phi) is 2.22. The molecule has 7 nitrogen and oxygen atoms in total. The summed E-state index contributed by atoms with van der Waals surface area (Å²) in [5, 5.41) is 23.6. The van der Waals surface area contributed by atoms with Crippen molar-refractivity contribution < 1.29 is 15.0 Å². The zero-order chi connectivity index (χ0) is 10.8. The summed E-state index contributed by atoms with van der Waals surface area (Å²) in [7, 11) is 0. The maximum Gasteiger partial charge on any atom is 0.409 e. The molecule has 2 aromatic rings. The van der Waals surface area contributed by atoms with E-state index >= 15 is 0 Å². The molecule has 1 amide bonds. The largest absolute Gasteiger partial charge is 0.465 e. The van der Waals surface area contributed by atoms with Crippen molar-refractivity contribution in [3.8, 4) is 0 Å². The molecule has 0 aliphatic rings. The average molecular weight is 208 g/mol. The highest BCUT2D eigenvalue weighted by molar-refractivity contribution is 5.87. The van der Waals surface area contributed by atoms with Crippen molar-refractivity contribution in [2.45, 2.75) is 6.61 Å². The zero-order valence-electron chi connectivity index (χ0n) is 7.58. The van der Waals surface area contributed by atoms with Gasteiger partial charge in [0, 0.05) is 0 Å². The summed E-state index contributed by atoms with van der Waals surface area (Å²) in [4.78, 5) is 14.5. The fraction of sp³-hybridized carbons (Fsp3) is 0.125. The zero-order valence-corrected chi connectivity index (χ0v) is 7.58. The van der Waals surface area contributed by atoms with Crippen molar-refractivity contribution in [2.24, 2.45) is 0 Å². The minimum atomic E-state index is -1.17. The molecule has 0 spiro atoms. The number of rotatable bonds is 2. The molecule has 3 N–H and O–H groups in total. The van der Waals surface area contributed by atoms with Crippen LogP contribution in [0.2, 0.25) is 0 Å². The first-order valence-corrected chi connectivity index (χ1v) is 4.15. The first-order chi connectivity index (χ1) is 7.20. The van der Waals surface area contributed by atoms with Gasteiger partial charge in [0.2, 0.25) is 0 Å². The molecule has 0 aromatic carbocycles. The number of aliphatic hydroxyl groups is 1.